The van der Waals surface area contributed by atoms with E-state index >= 15 is 0 Å². The largest absolute Gasteiger partial charge is 0.357 e. The van der Waals surface area contributed by atoms with Gasteiger partial charge in [-0.3, -0.25) is 10.1 Å². The predicted molar refractivity (Wildman–Crippen MR) is 78.9 cm³/mol. The Kier molecular flexibility index (Phi) is 5.60. The van der Waals surface area contributed by atoms with E-state index in [1.807, 2.05) is 5.32 Å². The van der Waals surface area contributed by atoms with Crippen molar-refractivity contribution in [2.45, 2.75) is 42.5 Å². The number of primary amides is 1. The van der Waals surface area contributed by atoms with Crippen LogP contribution in [-0.2, 0) is 4.79 Å². The maximum Gasteiger partial charge on any atom is 0.318 e. The minimum Gasteiger partial charge on any atom is -0.357 e. The minimum atomic E-state index is -0.840. The van der Waals surface area contributed by atoms with Gasteiger partial charge in [0.15, 0.2) is 4.34 Å². The Morgan fingerprint density at radius 1 is 1.30 bits per heavy atom. The second kappa shape index (κ2) is 7.44. The van der Waals surface area contributed by atoms with Gasteiger partial charge in [-0.15, -0.1) is 10.2 Å². The van der Waals surface area contributed by atoms with Crippen LogP contribution in [0.4, 0.5) is 9.93 Å². The second-order valence-corrected chi connectivity index (χ2v) is 6.75. The molecule has 110 valence electrons. The Balaban J connectivity index is 1.76. The van der Waals surface area contributed by atoms with Crippen LogP contribution in [0.5, 0.6) is 0 Å². The third-order valence-corrected chi connectivity index (χ3v) is 4.92. The third-order valence-electron chi connectivity index (χ3n) is 2.93. The first-order valence-electron chi connectivity index (χ1n) is 6.45. The molecular formula is C11H17N5O2S2. The summed E-state index contributed by atoms with van der Waals surface area (Å²) < 4.78 is 0.697. The summed E-state index contributed by atoms with van der Waals surface area (Å²) in [6.07, 6.45) is 6.16. The van der Waals surface area contributed by atoms with Crippen LogP contribution in [0.1, 0.15) is 32.1 Å². The number of amides is 3. The van der Waals surface area contributed by atoms with E-state index in [9.17, 15) is 9.59 Å². The number of carbonyl (C=O) groups is 2. The number of nitrogens with one attached hydrogen (secondary N) is 2. The SMILES string of the molecule is NC(=O)NC(=O)CSc1nnc(NC2CCCCC2)s1. The summed E-state index contributed by atoms with van der Waals surface area (Å²) >= 11 is 2.66. The van der Waals surface area contributed by atoms with Crippen LogP contribution in [0, 0.1) is 0 Å². The highest BCUT2D eigenvalue weighted by Crippen LogP contribution is 2.28. The van der Waals surface area contributed by atoms with Gasteiger partial charge in [-0.05, 0) is 12.8 Å². The monoisotopic (exact) mass is 315 g/mol. The highest BCUT2D eigenvalue weighted by molar-refractivity contribution is 8.01. The maximum absolute atomic E-state index is 11.3. The zero-order valence-corrected chi connectivity index (χ0v) is 12.6. The van der Waals surface area contributed by atoms with Gasteiger partial charge in [0.1, 0.15) is 0 Å². The highest BCUT2D eigenvalue weighted by Gasteiger charge is 2.15. The van der Waals surface area contributed by atoms with E-state index < -0.39 is 11.9 Å². The Bertz CT molecular complexity index is 473. The minimum absolute atomic E-state index is 0.0982. The smallest absolute Gasteiger partial charge is 0.318 e. The molecule has 0 radical (unpaired) electrons. The Hall–Kier alpha value is -1.35. The summed E-state index contributed by atoms with van der Waals surface area (Å²) in [7, 11) is 0. The van der Waals surface area contributed by atoms with Crippen LogP contribution in [0.3, 0.4) is 0 Å². The number of rotatable bonds is 5. The van der Waals surface area contributed by atoms with Gasteiger partial charge in [0.25, 0.3) is 0 Å². The summed E-state index contributed by atoms with van der Waals surface area (Å²) in [4.78, 5) is 21.8. The summed E-state index contributed by atoms with van der Waals surface area (Å²) in [6.45, 7) is 0. The van der Waals surface area contributed by atoms with Crippen LogP contribution < -0.4 is 16.4 Å². The van der Waals surface area contributed by atoms with Gasteiger partial charge in [-0.25, -0.2) is 4.79 Å². The van der Waals surface area contributed by atoms with E-state index in [0.29, 0.717) is 10.4 Å². The van der Waals surface area contributed by atoms with E-state index in [4.69, 9.17) is 5.73 Å². The van der Waals surface area contributed by atoms with Crippen LogP contribution in [-0.4, -0.2) is 33.9 Å². The molecule has 0 unspecified atom stereocenters. The van der Waals surface area contributed by atoms with Gasteiger partial charge >= 0.3 is 6.03 Å². The molecule has 1 aliphatic carbocycles. The molecule has 0 aromatic carbocycles. The lowest BCUT2D eigenvalue weighted by atomic mass is 9.96. The average Bonchev–Trinajstić information content (AvgIpc) is 2.84. The van der Waals surface area contributed by atoms with Gasteiger partial charge in [0.2, 0.25) is 11.0 Å². The van der Waals surface area contributed by atoms with Crippen molar-refractivity contribution in [3.05, 3.63) is 0 Å². The van der Waals surface area contributed by atoms with Crippen LogP contribution >= 0.6 is 23.1 Å². The number of carbonyl (C=O) groups excluding carboxylic acids is 2. The van der Waals surface area contributed by atoms with Gasteiger partial charge in [-0.1, -0.05) is 42.4 Å². The fourth-order valence-corrected chi connectivity index (χ4v) is 3.68. The van der Waals surface area contributed by atoms with Crippen molar-refractivity contribution in [2.24, 2.45) is 5.73 Å². The lowest BCUT2D eigenvalue weighted by Crippen LogP contribution is -2.36. The molecule has 3 amide bonds. The lowest BCUT2D eigenvalue weighted by molar-refractivity contribution is -0.117. The molecule has 2 rings (SSSR count). The Morgan fingerprint density at radius 2 is 2.05 bits per heavy atom. The molecule has 0 aliphatic heterocycles. The van der Waals surface area contributed by atoms with E-state index in [0.717, 1.165) is 5.13 Å². The van der Waals surface area contributed by atoms with E-state index in [1.165, 1.54) is 55.2 Å². The van der Waals surface area contributed by atoms with Crippen molar-refractivity contribution < 1.29 is 9.59 Å². The molecule has 9 heteroatoms. The third kappa shape index (κ3) is 4.97. The molecule has 1 aromatic rings. The highest BCUT2D eigenvalue weighted by atomic mass is 32.2. The molecule has 1 saturated carbocycles. The van der Waals surface area contributed by atoms with E-state index in [2.05, 4.69) is 15.5 Å². The first kappa shape index (κ1) is 15.0. The number of thioether (sulfide) groups is 1. The molecule has 0 saturated heterocycles. The first-order chi connectivity index (χ1) is 9.63. The van der Waals surface area contributed by atoms with Crippen molar-refractivity contribution >= 4 is 40.2 Å². The van der Waals surface area contributed by atoms with Gasteiger partial charge in [-0.2, -0.15) is 0 Å². The molecule has 1 aromatic heterocycles. The quantitative estimate of drug-likeness (QED) is 0.711. The Labute approximate surface area is 125 Å². The van der Waals surface area contributed by atoms with Crippen molar-refractivity contribution in [3.63, 3.8) is 0 Å². The number of imide groups is 1. The predicted octanol–water partition coefficient (Wildman–Crippen LogP) is 1.57. The molecule has 7 nitrogen and oxygen atoms in total. The summed E-state index contributed by atoms with van der Waals surface area (Å²) in [5.41, 5.74) is 4.86. The fourth-order valence-electron chi connectivity index (χ4n) is 2.05. The molecule has 1 fully saturated rings. The number of aromatic nitrogens is 2. The molecule has 1 aliphatic rings. The molecule has 0 spiro atoms. The normalized spacial score (nSPS) is 15.8. The van der Waals surface area contributed by atoms with Crippen LogP contribution in [0.25, 0.3) is 0 Å². The van der Waals surface area contributed by atoms with Crippen molar-refractivity contribution in [1.29, 1.82) is 0 Å². The van der Waals surface area contributed by atoms with Gasteiger partial charge < -0.3 is 11.1 Å². The molecule has 4 N–H and O–H groups in total. The van der Waals surface area contributed by atoms with Crippen molar-refractivity contribution in [1.82, 2.24) is 15.5 Å². The molecule has 0 atom stereocenters. The fraction of sp³-hybridized carbons (Fsp3) is 0.636. The molecule has 0 bridgehead atoms. The zero-order chi connectivity index (χ0) is 14.4. The number of hydrogen-bond donors (Lipinski definition) is 3. The summed E-state index contributed by atoms with van der Waals surface area (Å²) in [5, 5.41) is 14.2. The van der Waals surface area contributed by atoms with Gasteiger partial charge in [0, 0.05) is 6.04 Å². The lowest BCUT2D eigenvalue weighted by Gasteiger charge is -2.21. The topological polar surface area (TPSA) is 110 Å². The second-order valence-electron chi connectivity index (χ2n) is 4.55. The summed E-state index contributed by atoms with van der Waals surface area (Å²) in [6, 6.07) is -0.361. The standard InChI is InChI=1S/C11H17N5O2S2/c12-9(18)14-8(17)6-19-11-16-15-10(20-11)13-7-4-2-1-3-5-7/h7H,1-6H2,(H,13,15)(H3,12,14,17,18). The van der Waals surface area contributed by atoms with Crippen molar-refractivity contribution in [2.75, 3.05) is 11.1 Å². The first-order valence-corrected chi connectivity index (χ1v) is 8.26. The Morgan fingerprint density at radius 3 is 2.75 bits per heavy atom. The number of nitrogens with two attached hydrogens (primary N) is 1. The number of urea groups is 1. The number of hydrogen-bond acceptors (Lipinski definition) is 7. The molecule has 20 heavy (non-hydrogen) atoms. The number of nitrogens with zero attached hydrogens (tertiary/aromatic N) is 2. The van der Waals surface area contributed by atoms with E-state index in [-0.39, 0.29) is 5.75 Å². The van der Waals surface area contributed by atoms with Crippen molar-refractivity contribution in [3.8, 4) is 0 Å². The zero-order valence-electron chi connectivity index (χ0n) is 10.9. The molecule has 1 heterocycles. The van der Waals surface area contributed by atoms with Gasteiger partial charge in [0.05, 0.1) is 5.75 Å². The average molecular weight is 315 g/mol. The molecular weight excluding hydrogens is 298 g/mol. The van der Waals surface area contributed by atoms with Crippen LogP contribution in [0.2, 0.25) is 0 Å². The van der Waals surface area contributed by atoms with Crippen LogP contribution in [0.15, 0.2) is 4.34 Å². The number of anilines is 1. The summed E-state index contributed by atoms with van der Waals surface area (Å²) in [5.74, 6) is -0.333. The van der Waals surface area contributed by atoms with E-state index in [1.54, 1.807) is 0 Å². The maximum atomic E-state index is 11.3.